The smallest absolute Gasteiger partial charge is 0.0389 e. The molecule has 1 aliphatic carbocycles. The van der Waals surface area contributed by atoms with Gasteiger partial charge in [0.2, 0.25) is 0 Å². The predicted octanol–water partition coefficient (Wildman–Crippen LogP) is 7.74. The van der Waals surface area contributed by atoms with Crippen LogP contribution in [0.15, 0.2) is 96.0 Å². The lowest BCUT2D eigenvalue weighted by Gasteiger charge is -2.21. The minimum Gasteiger partial charge on any atom is -0.293 e. The molecule has 1 aliphatic rings. The average Bonchev–Trinajstić information content (AvgIpc) is 3.22. The molecular formula is C30H27N. The number of aliphatic imine (C=N–C) groups is 1. The summed E-state index contributed by atoms with van der Waals surface area (Å²) in [6, 6.07) is 32.8. The molecule has 4 aromatic rings. The molecule has 1 heteroatoms. The first kappa shape index (κ1) is 19.5. The maximum absolute atomic E-state index is 4.82. The van der Waals surface area contributed by atoms with Gasteiger partial charge in [0.1, 0.15) is 0 Å². The van der Waals surface area contributed by atoms with Crippen molar-refractivity contribution in [3.8, 4) is 0 Å². The number of allylic oxidation sites excluding steroid dienone is 1. The van der Waals surface area contributed by atoms with Gasteiger partial charge in [-0.2, -0.15) is 0 Å². The third-order valence-corrected chi connectivity index (χ3v) is 6.21. The third-order valence-electron chi connectivity index (χ3n) is 6.21. The van der Waals surface area contributed by atoms with E-state index in [0.717, 1.165) is 19.4 Å². The van der Waals surface area contributed by atoms with Crippen LogP contribution in [-0.2, 0) is 0 Å². The van der Waals surface area contributed by atoms with Crippen LogP contribution in [0.25, 0.3) is 22.4 Å². The molecule has 31 heavy (non-hydrogen) atoms. The van der Waals surface area contributed by atoms with Gasteiger partial charge in [-0.3, -0.25) is 4.99 Å². The number of benzene rings is 4. The van der Waals surface area contributed by atoms with Crippen molar-refractivity contribution in [2.75, 3.05) is 6.54 Å². The summed E-state index contributed by atoms with van der Waals surface area (Å²) in [5, 5.41) is 2.54. The van der Waals surface area contributed by atoms with Crippen LogP contribution in [0.4, 0.5) is 0 Å². The molecule has 0 N–H and O–H groups in total. The van der Waals surface area contributed by atoms with E-state index >= 15 is 0 Å². The molecule has 1 nitrogen and oxygen atoms in total. The van der Waals surface area contributed by atoms with Gasteiger partial charge in [-0.1, -0.05) is 104 Å². The molecule has 1 atom stereocenters. The SMILES string of the molecule is CCCCN=Cc1c(C2C(c3ccccc3)=Cc3ccccc32)ccc2ccccc12. The summed E-state index contributed by atoms with van der Waals surface area (Å²) in [7, 11) is 0. The lowest BCUT2D eigenvalue weighted by atomic mass is 9.82. The maximum atomic E-state index is 4.82. The number of hydrogen-bond acceptors (Lipinski definition) is 1. The van der Waals surface area contributed by atoms with Crippen LogP contribution in [0, 0.1) is 0 Å². The normalized spacial score (nSPS) is 15.4. The van der Waals surface area contributed by atoms with Crippen LogP contribution < -0.4 is 0 Å². The summed E-state index contributed by atoms with van der Waals surface area (Å²) >= 11 is 0. The van der Waals surface area contributed by atoms with Gasteiger partial charge in [0.15, 0.2) is 0 Å². The Morgan fingerprint density at radius 1 is 0.774 bits per heavy atom. The molecule has 0 aromatic heterocycles. The monoisotopic (exact) mass is 401 g/mol. The summed E-state index contributed by atoms with van der Waals surface area (Å²) in [4.78, 5) is 4.82. The third kappa shape index (κ3) is 3.72. The number of unbranched alkanes of at least 4 members (excludes halogenated alkanes) is 1. The van der Waals surface area contributed by atoms with Crippen molar-refractivity contribution in [1.82, 2.24) is 0 Å². The number of fused-ring (bicyclic) bond motifs is 2. The van der Waals surface area contributed by atoms with Gasteiger partial charge >= 0.3 is 0 Å². The zero-order valence-electron chi connectivity index (χ0n) is 18.0. The first-order chi connectivity index (χ1) is 15.4. The second-order valence-corrected chi connectivity index (χ2v) is 8.21. The van der Waals surface area contributed by atoms with E-state index in [1.807, 2.05) is 0 Å². The Morgan fingerprint density at radius 2 is 1.55 bits per heavy atom. The molecule has 0 heterocycles. The summed E-state index contributed by atoms with van der Waals surface area (Å²) in [5.74, 6) is 0.204. The molecule has 0 spiro atoms. The van der Waals surface area contributed by atoms with E-state index in [0.29, 0.717) is 0 Å². The zero-order chi connectivity index (χ0) is 21.0. The lowest BCUT2D eigenvalue weighted by Crippen LogP contribution is -2.06. The molecule has 0 bridgehead atoms. The van der Waals surface area contributed by atoms with Gasteiger partial charge in [-0.05, 0) is 51.1 Å². The van der Waals surface area contributed by atoms with Crippen molar-refractivity contribution in [1.29, 1.82) is 0 Å². The molecule has 0 saturated carbocycles. The Balaban J connectivity index is 1.71. The van der Waals surface area contributed by atoms with E-state index in [9.17, 15) is 0 Å². The van der Waals surface area contributed by atoms with E-state index < -0.39 is 0 Å². The maximum Gasteiger partial charge on any atom is 0.0389 e. The summed E-state index contributed by atoms with van der Waals surface area (Å²) in [5.41, 5.74) is 7.91. The minimum absolute atomic E-state index is 0.204. The van der Waals surface area contributed by atoms with Crippen molar-refractivity contribution in [3.63, 3.8) is 0 Å². The van der Waals surface area contributed by atoms with Crippen LogP contribution in [0.1, 0.15) is 53.5 Å². The Labute approximate surface area is 184 Å². The van der Waals surface area contributed by atoms with Crippen LogP contribution in [0.2, 0.25) is 0 Å². The quantitative estimate of drug-likeness (QED) is 0.231. The molecular weight excluding hydrogens is 374 g/mol. The van der Waals surface area contributed by atoms with Crippen LogP contribution in [0.3, 0.4) is 0 Å². The highest BCUT2D eigenvalue weighted by Gasteiger charge is 2.29. The van der Waals surface area contributed by atoms with Crippen molar-refractivity contribution in [2.45, 2.75) is 25.7 Å². The van der Waals surface area contributed by atoms with Gasteiger partial charge < -0.3 is 0 Å². The molecule has 5 rings (SSSR count). The molecule has 152 valence electrons. The fourth-order valence-corrected chi connectivity index (χ4v) is 4.65. The van der Waals surface area contributed by atoms with Gasteiger partial charge in [-0.15, -0.1) is 0 Å². The lowest BCUT2D eigenvalue weighted by molar-refractivity contribution is 0.810. The second-order valence-electron chi connectivity index (χ2n) is 8.21. The van der Waals surface area contributed by atoms with E-state index in [1.54, 1.807) is 0 Å². The van der Waals surface area contributed by atoms with E-state index in [1.165, 1.54) is 44.2 Å². The fourth-order valence-electron chi connectivity index (χ4n) is 4.65. The van der Waals surface area contributed by atoms with E-state index in [2.05, 4.69) is 110 Å². The van der Waals surface area contributed by atoms with Crippen molar-refractivity contribution >= 4 is 28.6 Å². The van der Waals surface area contributed by atoms with Crippen LogP contribution >= 0.6 is 0 Å². The molecule has 1 unspecified atom stereocenters. The Bertz CT molecular complexity index is 1260. The van der Waals surface area contributed by atoms with Crippen molar-refractivity contribution in [3.05, 3.63) is 119 Å². The standard InChI is InChI=1S/C30H27N/c1-2-3-19-31-21-29-25-15-9-7-13-23(25)17-18-27(29)30-26-16-10-8-14-24(26)20-28(30)22-11-5-4-6-12-22/h4-18,20-21,30H,2-3,19H2,1H3. The van der Waals surface area contributed by atoms with Gasteiger partial charge in [0.05, 0.1) is 0 Å². The largest absolute Gasteiger partial charge is 0.293 e. The van der Waals surface area contributed by atoms with Crippen LogP contribution in [-0.4, -0.2) is 12.8 Å². The minimum atomic E-state index is 0.204. The fraction of sp³-hybridized carbons (Fsp3) is 0.167. The van der Waals surface area contributed by atoms with Gasteiger partial charge in [0, 0.05) is 24.2 Å². The highest BCUT2D eigenvalue weighted by molar-refractivity contribution is 6.04. The number of hydrogen-bond donors (Lipinski definition) is 0. The molecule has 0 amide bonds. The summed E-state index contributed by atoms with van der Waals surface area (Å²) in [6.45, 7) is 3.09. The first-order valence-electron chi connectivity index (χ1n) is 11.2. The highest BCUT2D eigenvalue weighted by atomic mass is 14.7. The summed E-state index contributed by atoms with van der Waals surface area (Å²) < 4.78 is 0. The van der Waals surface area contributed by atoms with Crippen molar-refractivity contribution < 1.29 is 0 Å². The topological polar surface area (TPSA) is 12.4 Å². The van der Waals surface area contributed by atoms with Gasteiger partial charge in [0.25, 0.3) is 0 Å². The zero-order valence-corrected chi connectivity index (χ0v) is 18.0. The Hall–Kier alpha value is -3.45. The van der Waals surface area contributed by atoms with Crippen molar-refractivity contribution in [2.24, 2.45) is 4.99 Å². The predicted molar refractivity (Wildman–Crippen MR) is 134 cm³/mol. The Kier molecular flexibility index (Phi) is 5.50. The average molecular weight is 402 g/mol. The second kappa shape index (κ2) is 8.73. The number of nitrogens with zero attached hydrogens (tertiary/aromatic N) is 1. The summed E-state index contributed by atoms with van der Waals surface area (Å²) in [6.07, 6.45) is 6.77. The van der Waals surface area contributed by atoms with Gasteiger partial charge in [-0.25, -0.2) is 0 Å². The Morgan fingerprint density at radius 3 is 2.42 bits per heavy atom. The molecule has 0 aliphatic heterocycles. The van der Waals surface area contributed by atoms with E-state index in [4.69, 9.17) is 4.99 Å². The molecule has 0 radical (unpaired) electrons. The molecule has 0 saturated heterocycles. The highest BCUT2D eigenvalue weighted by Crippen LogP contribution is 2.47. The molecule has 0 fully saturated rings. The van der Waals surface area contributed by atoms with E-state index in [-0.39, 0.29) is 5.92 Å². The molecule has 4 aromatic carbocycles. The van der Waals surface area contributed by atoms with Crippen LogP contribution in [0.5, 0.6) is 0 Å². The number of rotatable bonds is 6. The first-order valence-corrected chi connectivity index (χ1v) is 11.2.